The maximum Gasteiger partial charge on any atom is 0.0912 e. The van der Waals surface area contributed by atoms with Gasteiger partial charge in [0.05, 0.1) is 16.7 Å². The van der Waals surface area contributed by atoms with E-state index >= 15 is 0 Å². The molecule has 1 N–H and O–H groups in total. The number of hydrogen-bond acceptors (Lipinski definition) is 2. The molecule has 1 saturated heterocycles. The molecule has 1 fully saturated rings. The SMILES string of the molecule is Cl.FCC[C@H](c1c(Cl)ccc(Cl)c1Cl)N1CCNCC1. The first-order valence-corrected chi connectivity index (χ1v) is 7.42. The monoisotopic (exact) mass is 360 g/mol. The summed E-state index contributed by atoms with van der Waals surface area (Å²) in [4.78, 5) is 2.21. The van der Waals surface area contributed by atoms with E-state index in [0.717, 1.165) is 31.7 Å². The molecule has 0 saturated carbocycles. The number of halogens is 5. The zero-order chi connectivity index (χ0) is 13.8. The number of benzene rings is 1. The molecule has 0 aliphatic carbocycles. The predicted octanol–water partition coefficient (Wildman–Crippen LogP) is 4.37. The van der Waals surface area contributed by atoms with Crippen molar-refractivity contribution in [3.8, 4) is 0 Å². The third-order valence-electron chi connectivity index (χ3n) is 3.39. The molecular weight excluding hydrogens is 345 g/mol. The number of alkyl halides is 1. The zero-order valence-electron chi connectivity index (χ0n) is 10.8. The van der Waals surface area contributed by atoms with Crippen LogP contribution in [-0.4, -0.2) is 37.8 Å². The van der Waals surface area contributed by atoms with E-state index < -0.39 is 6.67 Å². The van der Waals surface area contributed by atoms with Crippen LogP contribution in [0.5, 0.6) is 0 Å². The molecule has 0 bridgehead atoms. The Kier molecular flexibility index (Phi) is 7.88. The molecule has 0 unspecified atom stereocenters. The molecule has 1 aliphatic heterocycles. The van der Waals surface area contributed by atoms with Crippen molar-refractivity contribution in [2.75, 3.05) is 32.9 Å². The van der Waals surface area contributed by atoms with Gasteiger partial charge >= 0.3 is 0 Å². The maximum absolute atomic E-state index is 12.9. The smallest absolute Gasteiger partial charge is 0.0912 e. The number of nitrogens with one attached hydrogen (secondary N) is 1. The van der Waals surface area contributed by atoms with Gasteiger partial charge in [-0.05, 0) is 18.6 Å². The van der Waals surface area contributed by atoms with Crippen LogP contribution in [0, 0.1) is 0 Å². The van der Waals surface area contributed by atoms with E-state index in [9.17, 15) is 4.39 Å². The Morgan fingerprint density at radius 3 is 2.35 bits per heavy atom. The van der Waals surface area contributed by atoms with E-state index in [1.54, 1.807) is 12.1 Å². The topological polar surface area (TPSA) is 15.3 Å². The summed E-state index contributed by atoms with van der Waals surface area (Å²) in [5.74, 6) is 0. The molecule has 1 aromatic rings. The quantitative estimate of drug-likeness (QED) is 0.801. The fourth-order valence-corrected chi connectivity index (χ4v) is 3.24. The first-order valence-electron chi connectivity index (χ1n) is 6.29. The lowest BCUT2D eigenvalue weighted by Crippen LogP contribution is -2.45. The molecule has 1 heterocycles. The van der Waals surface area contributed by atoms with Crippen molar-refractivity contribution in [3.63, 3.8) is 0 Å². The summed E-state index contributed by atoms with van der Waals surface area (Å²) < 4.78 is 12.9. The number of rotatable bonds is 4. The molecule has 0 spiro atoms. The summed E-state index contributed by atoms with van der Waals surface area (Å²) in [7, 11) is 0. The summed E-state index contributed by atoms with van der Waals surface area (Å²) in [6, 6.07) is 3.27. The van der Waals surface area contributed by atoms with Gasteiger partial charge in [0.15, 0.2) is 0 Å². The lowest BCUT2D eigenvalue weighted by Gasteiger charge is -2.35. The van der Waals surface area contributed by atoms with Crippen molar-refractivity contribution in [2.45, 2.75) is 12.5 Å². The van der Waals surface area contributed by atoms with Crippen LogP contribution in [0.3, 0.4) is 0 Å². The summed E-state index contributed by atoms with van der Waals surface area (Å²) in [6.45, 7) is 3.07. The minimum Gasteiger partial charge on any atom is -0.314 e. The van der Waals surface area contributed by atoms with Crippen LogP contribution >= 0.6 is 47.2 Å². The highest BCUT2D eigenvalue weighted by Gasteiger charge is 2.26. The van der Waals surface area contributed by atoms with E-state index in [1.807, 2.05) is 0 Å². The maximum atomic E-state index is 12.9. The van der Waals surface area contributed by atoms with E-state index in [0.29, 0.717) is 21.5 Å². The Morgan fingerprint density at radius 2 is 1.75 bits per heavy atom. The first-order chi connectivity index (χ1) is 9.15. The summed E-state index contributed by atoms with van der Waals surface area (Å²) in [6.07, 6.45) is 0.375. The second kappa shape index (κ2) is 8.62. The fourth-order valence-electron chi connectivity index (χ4n) is 2.45. The van der Waals surface area contributed by atoms with Crippen molar-refractivity contribution < 1.29 is 4.39 Å². The molecule has 20 heavy (non-hydrogen) atoms. The third-order valence-corrected chi connectivity index (χ3v) is 4.54. The molecule has 0 aromatic heterocycles. The number of piperazine rings is 1. The van der Waals surface area contributed by atoms with E-state index in [2.05, 4.69) is 10.2 Å². The van der Waals surface area contributed by atoms with Crippen molar-refractivity contribution in [1.82, 2.24) is 10.2 Å². The highest BCUT2D eigenvalue weighted by atomic mass is 35.5. The van der Waals surface area contributed by atoms with Gasteiger partial charge in [-0.15, -0.1) is 12.4 Å². The van der Waals surface area contributed by atoms with Gasteiger partial charge in [-0.2, -0.15) is 0 Å². The van der Waals surface area contributed by atoms with Gasteiger partial charge in [-0.3, -0.25) is 9.29 Å². The van der Waals surface area contributed by atoms with Crippen LogP contribution in [0.25, 0.3) is 0 Å². The van der Waals surface area contributed by atoms with Gasteiger partial charge in [0.1, 0.15) is 0 Å². The summed E-state index contributed by atoms with van der Waals surface area (Å²) in [5, 5.41) is 4.72. The molecule has 1 aliphatic rings. The van der Waals surface area contributed by atoms with Crippen molar-refractivity contribution in [3.05, 3.63) is 32.8 Å². The summed E-state index contributed by atoms with van der Waals surface area (Å²) in [5.41, 5.74) is 0.746. The van der Waals surface area contributed by atoms with Crippen LogP contribution < -0.4 is 5.32 Å². The minimum absolute atomic E-state index is 0. The highest BCUT2D eigenvalue weighted by molar-refractivity contribution is 6.44. The normalized spacial score (nSPS) is 17.6. The van der Waals surface area contributed by atoms with E-state index in [-0.39, 0.29) is 18.4 Å². The zero-order valence-corrected chi connectivity index (χ0v) is 13.9. The van der Waals surface area contributed by atoms with Crippen molar-refractivity contribution in [2.24, 2.45) is 0 Å². The number of hydrogen-bond donors (Lipinski definition) is 1. The predicted molar refractivity (Wildman–Crippen MR) is 86.5 cm³/mol. The van der Waals surface area contributed by atoms with Crippen LogP contribution in [0.4, 0.5) is 4.39 Å². The second-order valence-corrected chi connectivity index (χ2v) is 5.73. The average Bonchev–Trinajstić information content (AvgIpc) is 2.43. The van der Waals surface area contributed by atoms with Crippen LogP contribution in [0.2, 0.25) is 15.1 Å². The lowest BCUT2D eigenvalue weighted by molar-refractivity contribution is 0.157. The van der Waals surface area contributed by atoms with Crippen LogP contribution in [0.1, 0.15) is 18.0 Å². The minimum atomic E-state index is -0.409. The largest absolute Gasteiger partial charge is 0.314 e. The fraction of sp³-hybridized carbons (Fsp3) is 0.538. The molecule has 7 heteroatoms. The van der Waals surface area contributed by atoms with Crippen molar-refractivity contribution >= 4 is 47.2 Å². The van der Waals surface area contributed by atoms with Gasteiger partial charge < -0.3 is 5.32 Å². The Morgan fingerprint density at radius 1 is 1.15 bits per heavy atom. The summed E-state index contributed by atoms with van der Waals surface area (Å²) >= 11 is 18.6. The molecule has 2 nitrogen and oxygen atoms in total. The molecule has 1 atom stereocenters. The number of nitrogens with zero attached hydrogens (tertiary/aromatic N) is 1. The van der Waals surface area contributed by atoms with Gasteiger partial charge in [0.25, 0.3) is 0 Å². The second-order valence-electron chi connectivity index (χ2n) is 4.54. The van der Waals surface area contributed by atoms with E-state index in [4.69, 9.17) is 34.8 Å². The highest BCUT2D eigenvalue weighted by Crippen LogP contribution is 2.39. The molecule has 114 valence electrons. The standard InChI is InChI=1S/C13H16Cl3FN2.ClH/c14-9-1-2-10(15)13(16)12(9)11(3-4-17)19-7-5-18-6-8-19;/h1-2,11,18H,3-8H2;1H/t11-;/m1./s1. The van der Waals surface area contributed by atoms with Crippen LogP contribution in [0.15, 0.2) is 12.1 Å². The molecule has 1 aromatic carbocycles. The Balaban J connectivity index is 0.00000200. The van der Waals surface area contributed by atoms with Gasteiger partial charge in [0, 0.05) is 42.8 Å². The molecular formula is C13H17Cl4FN2. The Bertz CT molecular complexity index is 439. The first kappa shape index (κ1) is 18.3. The lowest BCUT2D eigenvalue weighted by atomic mass is 10.0. The van der Waals surface area contributed by atoms with Crippen LogP contribution in [-0.2, 0) is 0 Å². The molecule has 0 radical (unpaired) electrons. The van der Waals surface area contributed by atoms with E-state index in [1.165, 1.54) is 0 Å². The molecule has 2 rings (SSSR count). The third kappa shape index (κ3) is 4.12. The van der Waals surface area contributed by atoms with Gasteiger partial charge in [-0.25, -0.2) is 0 Å². The van der Waals surface area contributed by atoms with Gasteiger partial charge in [-0.1, -0.05) is 34.8 Å². The van der Waals surface area contributed by atoms with Gasteiger partial charge in [0.2, 0.25) is 0 Å². The Hall–Kier alpha value is 0.230. The van der Waals surface area contributed by atoms with Crippen molar-refractivity contribution in [1.29, 1.82) is 0 Å². The molecule has 0 amide bonds. The Labute approximate surface area is 140 Å². The average molecular weight is 362 g/mol.